The Morgan fingerprint density at radius 2 is 1.93 bits per heavy atom. The normalized spacial score (nSPS) is 11.9. The Labute approximate surface area is 87.6 Å². The molecule has 14 heavy (non-hydrogen) atoms. The molecule has 84 valence electrons. The summed E-state index contributed by atoms with van der Waals surface area (Å²) >= 11 is 0. The van der Waals surface area contributed by atoms with Crippen LogP contribution in [-0.4, -0.2) is 29.9 Å². The number of carbonyl (C=O) groups is 1. The lowest BCUT2D eigenvalue weighted by molar-refractivity contribution is -0.141. The average Bonchev–Trinajstić information content (AvgIpc) is 2.12. The number of hydrogen-bond acceptors (Lipinski definition) is 2. The van der Waals surface area contributed by atoms with Crippen molar-refractivity contribution in [3.63, 3.8) is 0 Å². The van der Waals surface area contributed by atoms with Gasteiger partial charge >= 0.3 is 0 Å². The number of carbonyl (C=O) groups excluding carboxylic acids is 1. The quantitative estimate of drug-likeness (QED) is 0.733. The first-order valence-electron chi connectivity index (χ1n) is 5.38. The smallest absolute Gasteiger partial charge is 0.229 e. The van der Waals surface area contributed by atoms with Crippen LogP contribution < -0.4 is 5.73 Å². The van der Waals surface area contributed by atoms with Crippen molar-refractivity contribution >= 4 is 5.91 Å². The standard InChI is InChI=1S/C11H24N2O/c1-6-7-13(9(2)3)10(14)11(4,5)8-12/h9H,6-8,12H2,1-5H3. The molecule has 0 aliphatic carbocycles. The largest absolute Gasteiger partial charge is 0.340 e. The highest BCUT2D eigenvalue weighted by molar-refractivity contribution is 5.82. The highest BCUT2D eigenvalue weighted by Crippen LogP contribution is 2.18. The summed E-state index contributed by atoms with van der Waals surface area (Å²) in [6, 6.07) is 0.258. The molecule has 3 nitrogen and oxygen atoms in total. The van der Waals surface area contributed by atoms with E-state index in [1.165, 1.54) is 0 Å². The number of rotatable bonds is 5. The SMILES string of the molecule is CCCN(C(=O)C(C)(C)CN)C(C)C. The molecular weight excluding hydrogens is 176 g/mol. The van der Waals surface area contributed by atoms with Crippen LogP contribution in [0.5, 0.6) is 0 Å². The van der Waals surface area contributed by atoms with Crippen molar-refractivity contribution in [3.8, 4) is 0 Å². The summed E-state index contributed by atoms with van der Waals surface area (Å²) < 4.78 is 0. The van der Waals surface area contributed by atoms with Gasteiger partial charge in [0.1, 0.15) is 0 Å². The Bertz CT molecular complexity index is 188. The third-order valence-corrected chi connectivity index (χ3v) is 2.44. The second-order valence-electron chi connectivity index (χ2n) is 4.68. The van der Waals surface area contributed by atoms with Gasteiger partial charge in [-0.05, 0) is 34.1 Å². The van der Waals surface area contributed by atoms with Gasteiger partial charge in [0.05, 0.1) is 5.41 Å². The van der Waals surface area contributed by atoms with Crippen LogP contribution in [0.25, 0.3) is 0 Å². The molecule has 0 aromatic carbocycles. The van der Waals surface area contributed by atoms with Crippen molar-refractivity contribution in [2.24, 2.45) is 11.1 Å². The van der Waals surface area contributed by atoms with E-state index in [0.717, 1.165) is 13.0 Å². The first-order valence-corrected chi connectivity index (χ1v) is 5.38. The molecular formula is C11H24N2O. The maximum absolute atomic E-state index is 12.1. The van der Waals surface area contributed by atoms with E-state index in [1.807, 2.05) is 32.6 Å². The van der Waals surface area contributed by atoms with Crippen LogP contribution in [0.1, 0.15) is 41.0 Å². The van der Waals surface area contributed by atoms with E-state index in [2.05, 4.69) is 6.92 Å². The maximum Gasteiger partial charge on any atom is 0.229 e. The molecule has 0 aromatic rings. The van der Waals surface area contributed by atoms with Crippen molar-refractivity contribution in [2.75, 3.05) is 13.1 Å². The lowest BCUT2D eigenvalue weighted by Gasteiger charge is -2.33. The number of nitrogens with two attached hydrogens (primary N) is 1. The van der Waals surface area contributed by atoms with Crippen LogP contribution in [0.4, 0.5) is 0 Å². The minimum Gasteiger partial charge on any atom is -0.340 e. The molecule has 0 saturated carbocycles. The van der Waals surface area contributed by atoms with Gasteiger partial charge in [0.25, 0.3) is 0 Å². The zero-order valence-electron chi connectivity index (χ0n) is 10.1. The molecule has 0 rings (SSSR count). The van der Waals surface area contributed by atoms with Crippen molar-refractivity contribution in [2.45, 2.75) is 47.1 Å². The van der Waals surface area contributed by atoms with Gasteiger partial charge in [-0.15, -0.1) is 0 Å². The third kappa shape index (κ3) is 3.29. The van der Waals surface area contributed by atoms with Gasteiger partial charge < -0.3 is 10.6 Å². The van der Waals surface area contributed by atoms with Crippen LogP contribution in [0.3, 0.4) is 0 Å². The summed E-state index contributed by atoms with van der Waals surface area (Å²) in [6.07, 6.45) is 0.991. The van der Waals surface area contributed by atoms with Crippen LogP contribution in [0.2, 0.25) is 0 Å². The van der Waals surface area contributed by atoms with E-state index < -0.39 is 5.41 Å². The summed E-state index contributed by atoms with van der Waals surface area (Å²) in [6.45, 7) is 11.2. The van der Waals surface area contributed by atoms with Crippen molar-refractivity contribution in [1.82, 2.24) is 4.90 Å². The topological polar surface area (TPSA) is 46.3 Å². The Kier molecular flexibility index (Phi) is 5.13. The third-order valence-electron chi connectivity index (χ3n) is 2.44. The first kappa shape index (κ1) is 13.4. The maximum atomic E-state index is 12.1. The molecule has 3 heteroatoms. The van der Waals surface area contributed by atoms with E-state index >= 15 is 0 Å². The molecule has 1 amide bonds. The predicted octanol–water partition coefficient (Wildman–Crippen LogP) is 1.62. The molecule has 0 atom stereocenters. The fraction of sp³-hybridized carbons (Fsp3) is 0.909. The fourth-order valence-corrected chi connectivity index (χ4v) is 1.31. The zero-order chi connectivity index (χ0) is 11.4. The summed E-state index contributed by atoms with van der Waals surface area (Å²) in [5.41, 5.74) is 5.16. The molecule has 0 bridgehead atoms. The predicted molar refractivity (Wildman–Crippen MR) is 60.0 cm³/mol. The molecule has 0 aliphatic heterocycles. The van der Waals surface area contributed by atoms with E-state index in [-0.39, 0.29) is 11.9 Å². The van der Waals surface area contributed by atoms with Gasteiger partial charge in [0.15, 0.2) is 0 Å². The van der Waals surface area contributed by atoms with Crippen LogP contribution in [0.15, 0.2) is 0 Å². The second-order valence-corrected chi connectivity index (χ2v) is 4.68. The lowest BCUT2D eigenvalue weighted by Crippen LogP contribution is -2.47. The van der Waals surface area contributed by atoms with E-state index in [1.54, 1.807) is 0 Å². The molecule has 2 N–H and O–H groups in total. The molecule has 0 fully saturated rings. The number of hydrogen-bond donors (Lipinski definition) is 1. The first-order chi connectivity index (χ1) is 6.36. The summed E-state index contributed by atoms with van der Waals surface area (Å²) in [5, 5.41) is 0. The van der Waals surface area contributed by atoms with Gasteiger partial charge in [0.2, 0.25) is 5.91 Å². The summed E-state index contributed by atoms with van der Waals surface area (Å²) in [4.78, 5) is 14.0. The number of amides is 1. The van der Waals surface area contributed by atoms with Crippen LogP contribution in [-0.2, 0) is 4.79 Å². The fourth-order valence-electron chi connectivity index (χ4n) is 1.31. The minimum absolute atomic E-state index is 0.164. The minimum atomic E-state index is -0.431. The molecule has 0 spiro atoms. The van der Waals surface area contributed by atoms with Crippen LogP contribution >= 0.6 is 0 Å². The lowest BCUT2D eigenvalue weighted by atomic mass is 9.91. The van der Waals surface area contributed by atoms with Crippen LogP contribution in [0, 0.1) is 5.41 Å². The Hall–Kier alpha value is -0.570. The highest BCUT2D eigenvalue weighted by Gasteiger charge is 2.31. The molecule has 0 radical (unpaired) electrons. The van der Waals surface area contributed by atoms with Gasteiger partial charge in [-0.1, -0.05) is 6.92 Å². The highest BCUT2D eigenvalue weighted by atomic mass is 16.2. The monoisotopic (exact) mass is 200 g/mol. The van der Waals surface area contributed by atoms with E-state index in [0.29, 0.717) is 6.54 Å². The van der Waals surface area contributed by atoms with Crippen molar-refractivity contribution in [1.29, 1.82) is 0 Å². The van der Waals surface area contributed by atoms with Crippen molar-refractivity contribution < 1.29 is 4.79 Å². The molecule has 0 unspecified atom stereocenters. The van der Waals surface area contributed by atoms with Gasteiger partial charge in [-0.3, -0.25) is 4.79 Å². The summed E-state index contributed by atoms with van der Waals surface area (Å²) in [5.74, 6) is 0.164. The van der Waals surface area contributed by atoms with Crippen molar-refractivity contribution in [3.05, 3.63) is 0 Å². The molecule has 0 aliphatic rings. The van der Waals surface area contributed by atoms with Gasteiger partial charge in [-0.2, -0.15) is 0 Å². The molecule has 0 heterocycles. The molecule has 0 aromatic heterocycles. The molecule has 0 saturated heterocycles. The second kappa shape index (κ2) is 5.35. The Balaban J connectivity index is 4.59. The van der Waals surface area contributed by atoms with Gasteiger partial charge in [-0.25, -0.2) is 0 Å². The van der Waals surface area contributed by atoms with E-state index in [4.69, 9.17) is 5.73 Å². The Morgan fingerprint density at radius 1 is 1.43 bits per heavy atom. The number of nitrogens with zero attached hydrogens (tertiary/aromatic N) is 1. The zero-order valence-corrected chi connectivity index (χ0v) is 10.1. The Morgan fingerprint density at radius 3 is 2.21 bits per heavy atom. The van der Waals surface area contributed by atoms with E-state index in [9.17, 15) is 4.79 Å². The summed E-state index contributed by atoms with van der Waals surface area (Å²) in [7, 11) is 0. The van der Waals surface area contributed by atoms with Gasteiger partial charge in [0, 0.05) is 19.1 Å². The average molecular weight is 200 g/mol.